The minimum absolute atomic E-state index is 0.136. The van der Waals surface area contributed by atoms with Gasteiger partial charge in [-0.05, 0) is 30.2 Å². The molecule has 0 spiro atoms. The third kappa shape index (κ3) is 3.82. The lowest BCUT2D eigenvalue weighted by molar-refractivity contribution is 0.0906. The molecule has 0 saturated heterocycles. The van der Waals surface area contributed by atoms with Crippen LogP contribution >= 0.6 is 0 Å². The van der Waals surface area contributed by atoms with Gasteiger partial charge in [0.1, 0.15) is 11.4 Å². The average molecular weight is 402 g/mol. The van der Waals surface area contributed by atoms with Crippen LogP contribution < -0.4 is 10.1 Å². The Morgan fingerprint density at radius 3 is 2.57 bits per heavy atom. The molecule has 0 aliphatic heterocycles. The number of amides is 1. The van der Waals surface area contributed by atoms with Crippen LogP contribution in [-0.2, 0) is 7.05 Å². The standard InChI is InChI=1S/C23H22N4O3/c1-15-19(14-24-27(15)2)20-13-21(30-26-20)23(28)25-22(16-8-5-4-6-9-16)17-10-7-11-18(12-17)29-3/h4-14,22H,1-3H3,(H,25,28)/t22-/m1/s1. The Balaban J connectivity index is 1.63. The van der Waals surface area contributed by atoms with Gasteiger partial charge >= 0.3 is 0 Å². The minimum atomic E-state index is -0.373. The summed E-state index contributed by atoms with van der Waals surface area (Å²) in [7, 11) is 3.47. The maximum atomic E-state index is 13.0. The maximum Gasteiger partial charge on any atom is 0.290 e. The molecule has 0 bridgehead atoms. The molecule has 0 fully saturated rings. The van der Waals surface area contributed by atoms with E-state index in [0.29, 0.717) is 5.69 Å². The molecule has 7 nitrogen and oxygen atoms in total. The van der Waals surface area contributed by atoms with Gasteiger partial charge in [0.25, 0.3) is 5.91 Å². The first kappa shape index (κ1) is 19.4. The number of carbonyl (C=O) groups is 1. The summed E-state index contributed by atoms with van der Waals surface area (Å²) in [4.78, 5) is 13.0. The molecule has 2 aromatic heterocycles. The smallest absolute Gasteiger partial charge is 0.290 e. The number of carbonyl (C=O) groups excluding carboxylic acids is 1. The zero-order valence-electron chi connectivity index (χ0n) is 17.0. The van der Waals surface area contributed by atoms with E-state index in [9.17, 15) is 4.79 Å². The predicted molar refractivity (Wildman–Crippen MR) is 112 cm³/mol. The summed E-state index contributed by atoms with van der Waals surface area (Å²) < 4.78 is 12.4. The van der Waals surface area contributed by atoms with Crippen molar-refractivity contribution >= 4 is 5.91 Å². The number of benzene rings is 2. The van der Waals surface area contributed by atoms with Crippen LogP contribution in [0.4, 0.5) is 0 Å². The van der Waals surface area contributed by atoms with Gasteiger partial charge in [0.15, 0.2) is 0 Å². The number of hydrogen-bond donors (Lipinski definition) is 1. The van der Waals surface area contributed by atoms with Crippen molar-refractivity contribution in [1.29, 1.82) is 0 Å². The SMILES string of the molecule is COc1cccc([C@H](NC(=O)c2cc(-c3cnn(C)c3C)no2)c2ccccc2)c1. The number of nitrogens with zero attached hydrogens (tertiary/aromatic N) is 3. The third-order valence-corrected chi connectivity index (χ3v) is 5.08. The molecule has 2 heterocycles. The fraction of sp³-hybridized carbons (Fsp3) is 0.174. The quantitative estimate of drug-likeness (QED) is 0.529. The topological polar surface area (TPSA) is 82.2 Å². The van der Waals surface area contributed by atoms with Crippen LogP contribution in [-0.4, -0.2) is 28.0 Å². The fourth-order valence-corrected chi connectivity index (χ4v) is 3.29. The first-order chi connectivity index (χ1) is 14.6. The van der Waals surface area contributed by atoms with Crippen LogP contribution in [0.15, 0.2) is 71.4 Å². The van der Waals surface area contributed by atoms with Gasteiger partial charge in [0.2, 0.25) is 5.76 Å². The van der Waals surface area contributed by atoms with E-state index in [0.717, 1.165) is 28.1 Å². The number of rotatable bonds is 6. The Bertz CT molecular complexity index is 1160. The van der Waals surface area contributed by atoms with Gasteiger partial charge in [-0.1, -0.05) is 47.6 Å². The minimum Gasteiger partial charge on any atom is -0.497 e. The van der Waals surface area contributed by atoms with Crippen molar-refractivity contribution in [2.45, 2.75) is 13.0 Å². The highest BCUT2D eigenvalue weighted by Gasteiger charge is 2.22. The van der Waals surface area contributed by atoms with Gasteiger partial charge < -0.3 is 14.6 Å². The largest absolute Gasteiger partial charge is 0.497 e. The van der Waals surface area contributed by atoms with Crippen LogP contribution in [0.3, 0.4) is 0 Å². The van der Waals surface area contributed by atoms with Gasteiger partial charge in [-0.3, -0.25) is 9.48 Å². The second-order valence-corrected chi connectivity index (χ2v) is 6.94. The highest BCUT2D eigenvalue weighted by atomic mass is 16.5. The predicted octanol–water partition coefficient (Wildman–Crippen LogP) is 3.91. The zero-order valence-corrected chi connectivity index (χ0v) is 17.0. The number of aromatic nitrogens is 3. The Morgan fingerprint density at radius 1 is 1.10 bits per heavy atom. The van der Waals surface area contributed by atoms with E-state index < -0.39 is 0 Å². The number of nitrogens with one attached hydrogen (secondary N) is 1. The molecule has 0 aliphatic carbocycles. The van der Waals surface area contributed by atoms with E-state index in [1.807, 2.05) is 68.6 Å². The maximum absolute atomic E-state index is 13.0. The van der Waals surface area contributed by atoms with E-state index in [4.69, 9.17) is 9.26 Å². The molecule has 0 unspecified atom stereocenters. The molecule has 1 amide bonds. The normalized spacial score (nSPS) is 11.8. The first-order valence-electron chi connectivity index (χ1n) is 9.52. The van der Waals surface area contributed by atoms with Crippen LogP contribution in [0.1, 0.15) is 33.4 Å². The highest BCUT2D eigenvalue weighted by Crippen LogP contribution is 2.27. The van der Waals surface area contributed by atoms with Crippen molar-refractivity contribution in [3.05, 3.63) is 89.4 Å². The van der Waals surface area contributed by atoms with Crippen LogP contribution in [0.5, 0.6) is 5.75 Å². The van der Waals surface area contributed by atoms with E-state index in [1.54, 1.807) is 24.1 Å². The van der Waals surface area contributed by atoms with Crippen LogP contribution in [0.25, 0.3) is 11.3 Å². The molecular weight excluding hydrogens is 380 g/mol. The lowest BCUT2D eigenvalue weighted by Crippen LogP contribution is -2.29. The number of methoxy groups -OCH3 is 1. The zero-order chi connectivity index (χ0) is 21.1. The molecule has 1 N–H and O–H groups in total. The molecule has 2 aromatic carbocycles. The first-order valence-corrected chi connectivity index (χ1v) is 9.52. The van der Waals surface area contributed by atoms with Crippen LogP contribution in [0.2, 0.25) is 0 Å². The molecule has 152 valence electrons. The summed E-state index contributed by atoms with van der Waals surface area (Å²) in [6.07, 6.45) is 1.71. The summed E-state index contributed by atoms with van der Waals surface area (Å²) in [6, 6.07) is 18.6. The van der Waals surface area contributed by atoms with Gasteiger partial charge in [0, 0.05) is 24.4 Å². The molecule has 1 atom stereocenters. The molecule has 4 aromatic rings. The molecule has 0 saturated carbocycles. The number of aryl methyl sites for hydroxylation is 1. The Labute approximate surface area is 174 Å². The number of ether oxygens (including phenoxy) is 1. The van der Waals surface area contributed by atoms with E-state index in [-0.39, 0.29) is 17.7 Å². The van der Waals surface area contributed by atoms with Gasteiger partial charge in [-0.25, -0.2) is 0 Å². The molecular formula is C23H22N4O3. The van der Waals surface area contributed by atoms with Crippen molar-refractivity contribution < 1.29 is 14.1 Å². The van der Waals surface area contributed by atoms with Crippen molar-refractivity contribution in [2.75, 3.05) is 7.11 Å². The Hall–Kier alpha value is -3.87. The van der Waals surface area contributed by atoms with Crippen molar-refractivity contribution in [1.82, 2.24) is 20.3 Å². The van der Waals surface area contributed by atoms with Crippen molar-refractivity contribution in [3.63, 3.8) is 0 Å². The third-order valence-electron chi connectivity index (χ3n) is 5.08. The second-order valence-electron chi connectivity index (χ2n) is 6.94. The lowest BCUT2D eigenvalue weighted by Gasteiger charge is -2.19. The highest BCUT2D eigenvalue weighted by molar-refractivity contribution is 5.93. The average Bonchev–Trinajstić information content (AvgIpc) is 3.39. The molecule has 4 rings (SSSR count). The Morgan fingerprint density at radius 2 is 1.87 bits per heavy atom. The summed E-state index contributed by atoms with van der Waals surface area (Å²) in [5, 5.41) is 11.3. The summed E-state index contributed by atoms with van der Waals surface area (Å²) in [5.74, 6) is 0.501. The second kappa shape index (κ2) is 8.24. The molecule has 0 aliphatic rings. The molecule has 0 radical (unpaired) electrons. The van der Waals surface area contributed by atoms with E-state index in [2.05, 4.69) is 15.6 Å². The van der Waals surface area contributed by atoms with Crippen molar-refractivity contribution in [2.24, 2.45) is 7.05 Å². The van der Waals surface area contributed by atoms with Gasteiger partial charge in [-0.2, -0.15) is 5.10 Å². The fourth-order valence-electron chi connectivity index (χ4n) is 3.29. The molecule has 30 heavy (non-hydrogen) atoms. The Kier molecular flexibility index (Phi) is 5.34. The summed E-state index contributed by atoms with van der Waals surface area (Å²) >= 11 is 0. The molecule has 7 heteroatoms. The van der Waals surface area contributed by atoms with Gasteiger partial charge in [0.05, 0.1) is 19.3 Å². The summed E-state index contributed by atoms with van der Waals surface area (Å²) in [5.41, 5.74) is 4.18. The van der Waals surface area contributed by atoms with Gasteiger partial charge in [-0.15, -0.1) is 0 Å². The number of hydrogen-bond acceptors (Lipinski definition) is 5. The monoisotopic (exact) mass is 402 g/mol. The van der Waals surface area contributed by atoms with E-state index in [1.165, 1.54) is 0 Å². The van der Waals surface area contributed by atoms with Crippen molar-refractivity contribution in [3.8, 4) is 17.0 Å². The van der Waals surface area contributed by atoms with E-state index >= 15 is 0 Å². The lowest BCUT2D eigenvalue weighted by atomic mass is 9.98. The summed E-state index contributed by atoms with van der Waals surface area (Å²) in [6.45, 7) is 1.94. The van der Waals surface area contributed by atoms with Crippen LogP contribution in [0, 0.1) is 6.92 Å².